The SMILES string of the molecule is Cc1nn(-c2ccccc2)c(C)c1NC(=O)CSc1[nH+]c(N)c(C#N)cc1C#N. The minimum absolute atomic E-state index is 0.0614. The number of amides is 1. The third-order valence-electron chi connectivity index (χ3n) is 4.22. The molecule has 8 nitrogen and oxygen atoms in total. The van der Waals surface area contributed by atoms with Gasteiger partial charge in [-0.2, -0.15) is 15.6 Å². The molecular formula is C20H18N7OS+. The van der Waals surface area contributed by atoms with Crippen molar-refractivity contribution < 1.29 is 9.78 Å². The average Bonchev–Trinajstić information content (AvgIpc) is 3.01. The largest absolute Gasteiger partial charge is 0.322 e. The van der Waals surface area contributed by atoms with Crippen LogP contribution in [0, 0.1) is 36.5 Å². The average molecular weight is 404 g/mol. The van der Waals surface area contributed by atoms with Gasteiger partial charge in [0.25, 0.3) is 5.82 Å². The standard InChI is InChI=1S/C20H17N7OS/c1-12-18(13(2)27(26-12)16-6-4-3-5-7-16)24-17(28)11-29-20-15(10-22)8-14(9-21)19(23)25-20/h3-8H,11H2,1-2H3,(H2,23,25)(H,24,28)/p+1. The summed E-state index contributed by atoms with van der Waals surface area (Å²) < 4.78 is 1.78. The molecule has 2 heterocycles. The van der Waals surface area contributed by atoms with Crippen molar-refractivity contribution in [2.75, 3.05) is 16.8 Å². The highest BCUT2D eigenvalue weighted by Crippen LogP contribution is 2.24. The first-order chi connectivity index (χ1) is 13.9. The van der Waals surface area contributed by atoms with Crippen LogP contribution in [0.25, 0.3) is 5.69 Å². The molecule has 0 aliphatic rings. The summed E-state index contributed by atoms with van der Waals surface area (Å²) in [5, 5.41) is 26.1. The summed E-state index contributed by atoms with van der Waals surface area (Å²) in [5.74, 6) is -0.0226. The molecule has 0 radical (unpaired) electrons. The predicted molar refractivity (Wildman–Crippen MR) is 109 cm³/mol. The quantitative estimate of drug-likeness (QED) is 0.627. The number of carbonyl (C=O) groups excluding carboxylic acids is 1. The van der Waals surface area contributed by atoms with Gasteiger partial charge < -0.3 is 5.32 Å². The van der Waals surface area contributed by atoms with Crippen molar-refractivity contribution in [3.63, 3.8) is 0 Å². The van der Waals surface area contributed by atoms with E-state index in [0.717, 1.165) is 23.1 Å². The summed E-state index contributed by atoms with van der Waals surface area (Å²) >= 11 is 1.14. The van der Waals surface area contributed by atoms with E-state index in [2.05, 4.69) is 15.4 Å². The highest BCUT2D eigenvalue weighted by molar-refractivity contribution is 7.99. The zero-order chi connectivity index (χ0) is 21.0. The number of hydrogen-bond donors (Lipinski definition) is 2. The van der Waals surface area contributed by atoms with E-state index in [9.17, 15) is 10.1 Å². The van der Waals surface area contributed by atoms with Crippen LogP contribution in [0.4, 0.5) is 11.5 Å². The molecule has 0 bridgehead atoms. The number of carbonyl (C=O) groups is 1. The number of nitrogens with two attached hydrogens (primary N) is 1. The molecule has 0 atom stereocenters. The number of hydrogen-bond acceptors (Lipinski definition) is 6. The molecule has 2 aromatic heterocycles. The highest BCUT2D eigenvalue weighted by atomic mass is 32.2. The number of pyridine rings is 1. The summed E-state index contributed by atoms with van der Waals surface area (Å²) in [6.07, 6.45) is 0. The lowest BCUT2D eigenvalue weighted by molar-refractivity contribution is -0.410. The van der Waals surface area contributed by atoms with Crippen LogP contribution in [0.1, 0.15) is 22.5 Å². The number of anilines is 2. The van der Waals surface area contributed by atoms with Crippen molar-refractivity contribution in [3.8, 4) is 17.8 Å². The zero-order valence-corrected chi connectivity index (χ0v) is 16.7. The summed E-state index contributed by atoms with van der Waals surface area (Å²) in [5.41, 5.74) is 9.31. The Morgan fingerprint density at radius 1 is 1.24 bits per heavy atom. The first kappa shape index (κ1) is 19.9. The molecule has 4 N–H and O–H groups in total. The fourth-order valence-electron chi connectivity index (χ4n) is 2.79. The van der Waals surface area contributed by atoms with Crippen LogP contribution in [0.3, 0.4) is 0 Å². The van der Waals surface area contributed by atoms with Crippen molar-refractivity contribution in [2.45, 2.75) is 18.9 Å². The predicted octanol–water partition coefficient (Wildman–Crippen LogP) is 2.36. The van der Waals surface area contributed by atoms with Gasteiger partial charge in [-0.15, -0.1) is 0 Å². The molecule has 9 heteroatoms. The summed E-state index contributed by atoms with van der Waals surface area (Å²) in [6, 6.07) is 15.0. The van der Waals surface area contributed by atoms with E-state index in [1.54, 1.807) is 4.68 Å². The van der Waals surface area contributed by atoms with Gasteiger partial charge in [0.15, 0.2) is 5.03 Å². The Hall–Kier alpha value is -3.82. The van der Waals surface area contributed by atoms with Crippen LogP contribution in [0.15, 0.2) is 41.4 Å². The molecule has 3 rings (SSSR count). The number of thioether (sulfide) groups is 1. The molecule has 1 amide bonds. The Labute approximate surface area is 172 Å². The summed E-state index contributed by atoms with van der Waals surface area (Å²) in [4.78, 5) is 15.3. The molecule has 0 aliphatic heterocycles. The maximum Gasteiger partial charge on any atom is 0.289 e. The second-order valence-electron chi connectivity index (χ2n) is 6.19. The maximum atomic E-state index is 12.5. The molecule has 29 heavy (non-hydrogen) atoms. The molecule has 0 fully saturated rings. The Balaban J connectivity index is 1.75. The van der Waals surface area contributed by atoms with E-state index in [1.165, 1.54) is 6.07 Å². The number of nitrogen functional groups attached to an aromatic ring is 1. The molecule has 0 unspecified atom stereocenters. The third-order valence-corrected chi connectivity index (χ3v) is 5.23. The van der Waals surface area contributed by atoms with Gasteiger partial charge in [-0.3, -0.25) is 10.5 Å². The van der Waals surface area contributed by atoms with Crippen LogP contribution in [-0.4, -0.2) is 21.4 Å². The molecule has 0 aliphatic carbocycles. The van der Waals surface area contributed by atoms with Gasteiger partial charge >= 0.3 is 0 Å². The van der Waals surface area contributed by atoms with E-state index in [-0.39, 0.29) is 28.6 Å². The van der Waals surface area contributed by atoms with Crippen molar-refractivity contribution in [1.29, 1.82) is 10.5 Å². The molecule has 1 aromatic carbocycles. The van der Waals surface area contributed by atoms with Gasteiger partial charge in [-0.25, -0.2) is 9.67 Å². The number of benzene rings is 1. The monoisotopic (exact) mass is 404 g/mol. The van der Waals surface area contributed by atoms with E-state index < -0.39 is 0 Å². The van der Waals surface area contributed by atoms with Gasteiger partial charge in [0, 0.05) is 0 Å². The van der Waals surface area contributed by atoms with Gasteiger partial charge in [0.2, 0.25) is 5.91 Å². The fraction of sp³-hybridized carbons (Fsp3) is 0.150. The second kappa shape index (κ2) is 8.46. The molecule has 144 valence electrons. The number of nitrogens with zero attached hydrogens (tertiary/aromatic N) is 4. The number of H-pyrrole nitrogens is 1. The van der Waals surface area contributed by atoms with Crippen LogP contribution in [0.5, 0.6) is 0 Å². The highest BCUT2D eigenvalue weighted by Gasteiger charge is 2.18. The number of nitrogens with one attached hydrogen (secondary N) is 2. The third kappa shape index (κ3) is 4.21. The van der Waals surface area contributed by atoms with Crippen molar-refractivity contribution in [3.05, 3.63) is 58.9 Å². The summed E-state index contributed by atoms with van der Waals surface area (Å²) in [7, 11) is 0. The van der Waals surface area contributed by atoms with Gasteiger partial charge in [-0.1, -0.05) is 30.0 Å². The Morgan fingerprint density at radius 2 is 1.93 bits per heavy atom. The molecule has 0 saturated carbocycles. The van der Waals surface area contributed by atoms with Crippen LogP contribution >= 0.6 is 11.8 Å². The van der Waals surface area contributed by atoms with E-state index in [4.69, 9.17) is 11.0 Å². The Bertz CT molecular complexity index is 1160. The first-order valence-corrected chi connectivity index (χ1v) is 9.63. The number of nitriles is 2. The Morgan fingerprint density at radius 3 is 2.59 bits per heavy atom. The zero-order valence-electron chi connectivity index (χ0n) is 15.9. The topological polar surface area (TPSA) is 135 Å². The van der Waals surface area contributed by atoms with Gasteiger partial charge in [0.1, 0.15) is 23.3 Å². The molecule has 0 saturated heterocycles. The summed E-state index contributed by atoms with van der Waals surface area (Å²) in [6.45, 7) is 3.72. The number of aromatic nitrogens is 3. The molecule has 0 spiro atoms. The lowest BCUT2D eigenvalue weighted by Gasteiger charge is -2.07. The fourth-order valence-corrected chi connectivity index (χ4v) is 3.58. The van der Waals surface area contributed by atoms with E-state index >= 15 is 0 Å². The van der Waals surface area contributed by atoms with E-state index in [1.807, 2.05) is 56.3 Å². The van der Waals surface area contributed by atoms with Crippen molar-refractivity contribution >= 4 is 29.2 Å². The number of aryl methyl sites for hydroxylation is 1. The molecule has 3 aromatic rings. The minimum Gasteiger partial charge on any atom is -0.322 e. The van der Waals surface area contributed by atoms with E-state index in [0.29, 0.717) is 16.4 Å². The normalized spacial score (nSPS) is 10.2. The van der Waals surface area contributed by atoms with Crippen LogP contribution < -0.4 is 16.0 Å². The Kier molecular flexibility index (Phi) is 5.82. The molecular weight excluding hydrogens is 386 g/mol. The first-order valence-electron chi connectivity index (χ1n) is 8.65. The smallest absolute Gasteiger partial charge is 0.289 e. The lowest BCUT2D eigenvalue weighted by Crippen LogP contribution is -2.20. The van der Waals surface area contributed by atoms with Gasteiger partial charge in [0.05, 0.1) is 28.5 Å². The minimum atomic E-state index is -0.242. The number of aromatic amines is 1. The van der Waals surface area contributed by atoms with Crippen LogP contribution in [0.2, 0.25) is 0 Å². The lowest BCUT2D eigenvalue weighted by atomic mass is 10.2. The van der Waals surface area contributed by atoms with Gasteiger partial charge in [-0.05, 0) is 32.0 Å². The maximum absolute atomic E-state index is 12.5. The number of para-hydroxylation sites is 1. The number of rotatable bonds is 5. The second-order valence-corrected chi connectivity index (χ2v) is 7.18. The van der Waals surface area contributed by atoms with Crippen molar-refractivity contribution in [1.82, 2.24) is 9.78 Å². The van der Waals surface area contributed by atoms with Crippen molar-refractivity contribution in [2.24, 2.45) is 0 Å². The van der Waals surface area contributed by atoms with Crippen LogP contribution in [-0.2, 0) is 4.79 Å².